The number of amides is 1. The molecule has 2 aromatic carbocycles. The molecule has 1 amide bonds. The molecule has 0 saturated carbocycles. The van der Waals surface area contributed by atoms with Gasteiger partial charge in [-0.25, -0.2) is 9.37 Å². The van der Waals surface area contributed by atoms with Crippen molar-refractivity contribution in [3.63, 3.8) is 0 Å². The van der Waals surface area contributed by atoms with Gasteiger partial charge in [0.05, 0.1) is 20.8 Å². The molecule has 0 radical (unpaired) electrons. The zero-order valence-corrected chi connectivity index (χ0v) is 17.5. The molecule has 0 spiro atoms. The summed E-state index contributed by atoms with van der Waals surface area (Å²) in [7, 11) is 3.14. The van der Waals surface area contributed by atoms with Gasteiger partial charge in [0, 0.05) is 24.2 Å². The number of rotatable bonds is 6. The second kappa shape index (κ2) is 8.47. The Kier molecular flexibility index (Phi) is 5.58. The minimum atomic E-state index is -0.335. The number of fused-ring (bicyclic) bond motifs is 1. The lowest BCUT2D eigenvalue weighted by Gasteiger charge is -2.23. The van der Waals surface area contributed by atoms with E-state index in [0.29, 0.717) is 34.2 Å². The molecule has 4 aromatic rings. The fraction of sp³-hybridized carbons (Fsp3) is 0.167. The predicted octanol–water partition coefficient (Wildman–Crippen LogP) is 4.71. The molecule has 2 aromatic heterocycles. The van der Waals surface area contributed by atoms with E-state index in [-0.39, 0.29) is 18.3 Å². The van der Waals surface area contributed by atoms with Crippen LogP contribution >= 0.6 is 0 Å². The molecule has 31 heavy (non-hydrogen) atoms. The number of halogens is 1. The van der Waals surface area contributed by atoms with Crippen LogP contribution in [0.25, 0.3) is 16.9 Å². The van der Waals surface area contributed by atoms with E-state index in [1.807, 2.05) is 40.9 Å². The Morgan fingerprint density at radius 3 is 2.48 bits per heavy atom. The van der Waals surface area contributed by atoms with Gasteiger partial charge in [0.1, 0.15) is 23.0 Å². The van der Waals surface area contributed by atoms with Gasteiger partial charge in [-0.05, 0) is 42.5 Å². The highest BCUT2D eigenvalue weighted by Gasteiger charge is 2.25. The van der Waals surface area contributed by atoms with Crippen LogP contribution in [0.3, 0.4) is 0 Å². The number of anilines is 1. The van der Waals surface area contributed by atoms with E-state index in [1.165, 1.54) is 19.1 Å². The predicted molar refractivity (Wildman–Crippen MR) is 117 cm³/mol. The molecule has 2 heterocycles. The van der Waals surface area contributed by atoms with Crippen LogP contribution in [0.1, 0.15) is 12.5 Å². The summed E-state index contributed by atoms with van der Waals surface area (Å²) < 4.78 is 26.3. The van der Waals surface area contributed by atoms with Crippen LogP contribution in [0, 0.1) is 5.82 Å². The Hall–Kier alpha value is -3.87. The fourth-order valence-electron chi connectivity index (χ4n) is 3.63. The van der Waals surface area contributed by atoms with Gasteiger partial charge in [0.25, 0.3) is 0 Å². The van der Waals surface area contributed by atoms with Gasteiger partial charge in [0.2, 0.25) is 5.91 Å². The van der Waals surface area contributed by atoms with E-state index in [9.17, 15) is 9.18 Å². The number of pyridine rings is 1. The van der Waals surface area contributed by atoms with E-state index in [2.05, 4.69) is 0 Å². The third kappa shape index (κ3) is 3.82. The first-order chi connectivity index (χ1) is 15.0. The number of carbonyl (C=O) groups excluding carboxylic acids is 1. The van der Waals surface area contributed by atoms with Crippen molar-refractivity contribution in [1.82, 2.24) is 9.38 Å². The number of nitrogens with zero attached hydrogens (tertiary/aromatic N) is 3. The molecular formula is C24H22FN3O3. The molecule has 0 unspecified atom stereocenters. The monoisotopic (exact) mass is 419 g/mol. The van der Waals surface area contributed by atoms with Crippen molar-refractivity contribution in [3.05, 3.63) is 78.2 Å². The van der Waals surface area contributed by atoms with Crippen LogP contribution in [0.15, 0.2) is 66.9 Å². The first-order valence-electron chi connectivity index (χ1n) is 9.74. The van der Waals surface area contributed by atoms with Crippen molar-refractivity contribution in [1.29, 1.82) is 0 Å². The average Bonchev–Trinajstić information content (AvgIpc) is 3.16. The second-order valence-corrected chi connectivity index (χ2v) is 6.98. The van der Waals surface area contributed by atoms with E-state index >= 15 is 0 Å². The van der Waals surface area contributed by atoms with E-state index in [0.717, 1.165) is 5.56 Å². The Bertz CT molecular complexity index is 1230. The average molecular weight is 419 g/mol. The molecule has 158 valence electrons. The van der Waals surface area contributed by atoms with Gasteiger partial charge in [-0.2, -0.15) is 0 Å². The number of hydrogen-bond donors (Lipinski definition) is 0. The maximum atomic E-state index is 13.5. The molecule has 0 aliphatic carbocycles. The maximum Gasteiger partial charge on any atom is 0.225 e. The van der Waals surface area contributed by atoms with Crippen molar-refractivity contribution in [2.45, 2.75) is 13.5 Å². The smallest absolute Gasteiger partial charge is 0.225 e. The molecule has 0 aliphatic rings. The van der Waals surface area contributed by atoms with E-state index in [1.54, 1.807) is 37.3 Å². The minimum absolute atomic E-state index is 0.168. The number of benzene rings is 2. The van der Waals surface area contributed by atoms with E-state index in [4.69, 9.17) is 14.5 Å². The van der Waals surface area contributed by atoms with Crippen molar-refractivity contribution in [3.8, 4) is 22.8 Å². The van der Waals surface area contributed by atoms with Crippen LogP contribution in [-0.2, 0) is 11.3 Å². The van der Waals surface area contributed by atoms with Crippen molar-refractivity contribution in [2.75, 3.05) is 19.1 Å². The molecule has 0 atom stereocenters. The summed E-state index contributed by atoms with van der Waals surface area (Å²) in [6.45, 7) is 1.75. The third-order valence-electron chi connectivity index (χ3n) is 5.07. The first kappa shape index (κ1) is 20.4. The van der Waals surface area contributed by atoms with Crippen LogP contribution in [0.4, 0.5) is 10.2 Å². The maximum absolute atomic E-state index is 13.5. The van der Waals surface area contributed by atoms with Crippen molar-refractivity contribution < 1.29 is 18.7 Å². The molecular weight excluding hydrogens is 397 g/mol. The summed E-state index contributed by atoms with van der Waals surface area (Å²) >= 11 is 0. The van der Waals surface area contributed by atoms with Crippen LogP contribution in [0.2, 0.25) is 0 Å². The first-order valence-corrected chi connectivity index (χ1v) is 9.74. The Balaban J connectivity index is 1.90. The topological polar surface area (TPSA) is 56.1 Å². The van der Waals surface area contributed by atoms with Gasteiger partial charge < -0.3 is 9.47 Å². The minimum Gasteiger partial charge on any atom is -0.493 e. The SMILES string of the molecule is COc1cccc(CN(C(C)=O)c2c(-c3ccc(F)cc3)nc3ccccn23)c1OC. The number of ether oxygens (including phenoxy) is 2. The molecule has 0 fully saturated rings. The number of para-hydroxylation sites is 1. The number of methoxy groups -OCH3 is 2. The Labute approximate surface area is 179 Å². The quantitative estimate of drug-likeness (QED) is 0.454. The normalized spacial score (nSPS) is 10.8. The fourth-order valence-corrected chi connectivity index (χ4v) is 3.63. The molecule has 0 aliphatic heterocycles. The Morgan fingerprint density at radius 1 is 1.03 bits per heavy atom. The lowest BCUT2D eigenvalue weighted by molar-refractivity contribution is -0.116. The number of imidazole rings is 1. The highest BCUT2D eigenvalue weighted by atomic mass is 19.1. The van der Waals surface area contributed by atoms with Gasteiger partial charge >= 0.3 is 0 Å². The number of aromatic nitrogens is 2. The van der Waals surface area contributed by atoms with Gasteiger partial charge in [-0.1, -0.05) is 18.2 Å². The Morgan fingerprint density at radius 2 is 1.81 bits per heavy atom. The summed E-state index contributed by atoms with van der Waals surface area (Å²) in [5.41, 5.74) is 2.76. The van der Waals surface area contributed by atoms with Crippen LogP contribution in [0.5, 0.6) is 11.5 Å². The number of carbonyl (C=O) groups is 1. The van der Waals surface area contributed by atoms with Gasteiger partial charge in [-0.3, -0.25) is 14.1 Å². The lowest BCUT2D eigenvalue weighted by Crippen LogP contribution is -2.29. The summed E-state index contributed by atoms with van der Waals surface area (Å²) in [6.07, 6.45) is 1.85. The second-order valence-electron chi connectivity index (χ2n) is 6.98. The number of hydrogen-bond acceptors (Lipinski definition) is 4. The van der Waals surface area contributed by atoms with E-state index < -0.39 is 0 Å². The van der Waals surface area contributed by atoms with Gasteiger partial charge in [-0.15, -0.1) is 0 Å². The molecule has 0 bridgehead atoms. The molecule has 0 N–H and O–H groups in total. The highest BCUT2D eigenvalue weighted by molar-refractivity contribution is 5.95. The molecule has 7 heteroatoms. The van der Waals surface area contributed by atoms with Gasteiger partial charge in [0.15, 0.2) is 11.5 Å². The molecule has 4 rings (SSSR count). The summed E-state index contributed by atoms with van der Waals surface area (Å²) in [5, 5.41) is 0. The van der Waals surface area contributed by atoms with Crippen LogP contribution in [-0.4, -0.2) is 29.5 Å². The molecule has 0 saturated heterocycles. The largest absolute Gasteiger partial charge is 0.493 e. The highest BCUT2D eigenvalue weighted by Crippen LogP contribution is 2.36. The van der Waals surface area contributed by atoms with Crippen molar-refractivity contribution >= 4 is 17.4 Å². The molecule has 6 nitrogen and oxygen atoms in total. The lowest BCUT2D eigenvalue weighted by atomic mass is 10.1. The standard InChI is InChI=1S/C24H22FN3O3/c1-16(29)28(15-18-7-6-8-20(30-2)23(18)31-3)24-22(17-10-12-19(25)13-11-17)26-21-9-4-5-14-27(21)24/h4-14H,15H2,1-3H3. The zero-order chi connectivity index (χ0) is 22.0. The summed E-state index contributed by atoms with van der Waals surface area (Å²) in [6, 6.07) is 17.2. The van der Waals surface area contributed by atoms with Crippen molar-refractivity contribution in [2.24, 2.45) is 0 Å². The zero-order valence-electron chi connectivity index (χ0n) is 17.5. The van der Waals surface area contributed by atoms with Crippen LogP contribution < -0.4 is 14.4 Å². The summed E-state index contributed by atoms with van der Waals surface area (Å²) in [4.78, 5) is 19.2. The summed E-state index contributed by atoms with van der Waals surface area (Å²) in [5.74, 6) is 1.24. The third-order valence-corrected chi connectivity index (χ3v) is 5.07.